The number of hydrogen-bond acceptors (Lipinski definition) is 2. The summed E-state index contributed by atoms with van der Waals surface area (Å²) in [5.74, 6) is 1.00. The van der Waals surface area contributed by atoms with Crippen molar-refractivity contribution in [3.63, 3.8) is 0 Å². The van der Waals surface area contributed by atoms with Gasteiger partial charge in [-0.05, 0) is 31.6 Å². The predicted octanol–water partition coefficient (Wildman–Crippen LogP) is 1.43. The Morgan fingerprint density at radius 2 is 2.20 bits per heavy atom. The molecule has 2 unspecified atom stereocenters. The van der Waals surface area contributed by atoms with Gasteiger partial charge < -0.3 is 10.6 Å². The monoisotopic (exact) mass is 210 g/mol. The highest BCUT2D eigenvalue weighted by Crippen LogP contribution is 2.34. The lowest BCUT2D eigenvalue weighted by molar-refractivity contribution is -0.121. The summed E-state index contributed by atoms with van der Waals surface area (Å²) in [5.41, 5.74) is 0. The lowest BCUT2D eigenvalue weighted by atomic mass is 10.2. The summed E-state index contributed by atoms with van der Waals surface area (Å²) in [7, 11) is 0. The zero-order valence-electron chi connectivity index (χ0n) is 9.59. The van der Waals surface area contributed by atoms with Gasteiger partial charge in [0, 0.05) is 25.0 Å². The van der Waals surface area contributed by atoms with Crippen molar-refractivity contribution in [2.75, 3.05) is 6.54 Å². The SMILES string of the molecule is CCCC1CC1NC(=O)CCNC1CC1. The molecule has 2 fully saturated rings. The first-order valence-corrected chi connectivity index (χ1v) is 6.32. The zero-order chi connectivity index (χ0) is 10.7. The quantitative estimate of drug-likeness (QED) is 0.667. The van der Waals surface area contributed by atoms with Gasteiger partial charge in [-0.1, -0.05) is 13.3 Å². The van der Waals surface area contributed by atoms with Crippen LogP contribution in [0.1, 0.15) is 45.4 Å². The lowest BCUT2D eigenvalue weighted by Gasteiger charge is -2.05. The standard InChI is InChI=1S/C12H22N2O/c1-2-3-9-8-11(9)14-12(15)6-7-13-10-4-5-10/h9-11,13H,2-8H2,1H3,(H,14,15). The van der Waals surface area contributed by atoms with E-state index in [2.05, 4.69) is 17.6 Å². The molecule has 3 nitrogen and oxygen atoms in total. The van der Waals surface area contributed by atoms with E-state index >= 15 is 0 Å². The van der Waals surface area contributed by atoms with Gasteiger partial charge in [0.2, 0.25) is 5.91 Å². The normalized spacial score (nSPS) is 28.9. The Morgan fingerprint density at radius 3 is 2.87 bits per heavy atom. The molecule has 0 aromatic heterocycles. The zero-order valence-corrected chi connectivity index (χ0v) is 9.59. The van der Waals surface area contributed by atoms with E-state index in [1.807, 2.05) is 0 Å². The van der Waals surface area contributed by atoms with Gasteiger partial charge in [-0.15, -0.1) is 0 Å². The third-order valence-corrected chi connectivity index (χ3v) is 3.29. The summed E-state index contributed by atoms with van der Waals surface area (Å²) in [6.07, 6.45) is 6.94. The highest BCUT2D eigenvalue weighted by atomic mass is 16.1. The number of hydrogen-bond donors (Lipinski definition) is 2. The van der Waals surface area contributed by atoms with Gasteiger partial charge >= 0.3 is 0 Å². The fourth-order valence-electron chi connectivity index (χ4n) is 2.07. The molecule has 2 aliphatic rings. The van der Waals surface area contributed by atoms with Crippen molar-refractivity contribution in [3.8, 4) is 0 Å². The van der Waals surface area contributed by atoms with Gasteiger partial charge in [-0.2, -0.15) is 0 Å². The predicted molar refractivity (Wildman–Crippen MR) is 60.6 cm³/mol. The van der Waals surface area contributed by atoms with Crippen LogP contribution in [0.2, 0.25) is 0 Å². The van der Waals surface area contributed by atoms with Gasteiger partial charge in [-0.25, -0.2) is 0 Å². The Labute approximate surface area is 92.0 Å². The molecule has 1 amide bonds. The second-order valence-corrected chi connectivity index (χ2v) is 4.94. The van der Waals surface area contributed by atoms with Crippen LogP contribution in [-0.4, -0.2) is 24.5 Å². The minimum atomic E-state index is 0.228. The molecule has 2 aliphatic carbocycles. The van der Waals surface area contributed by atoms with Crippen LogP contribution in [0.15, 0.2) is 0 Å². The molecule has 0 heterocycles. The minimum Gasteiger partial charge on any atom is -0.353 e. The summed E-state index contributed by atoms with van der Waals surface area (Å²) >= 11 is 0. The Hall–Kier alpha value is -0.570. The van der Waals surface area contributed by atoms with E-state index in [4.69, 9.17) is 0 Å². The van der Waals surface area contributed by atoms with Crippen LogP contribution in [0.25, 0.3) is 0 Å². The van der Waals surface area contributed by atoms with Crippen LogP contribution in [0.5, 0.6) is 0 Å². The van der Waals surface area contributed by atoms with Crippen molar-refractivity contribution in [3.05, 3.63) is 0 Å². The molecule has 2 N–H and O–H groups in total. The van der Waals surface area contributed by atoms with Crippen LogP contribution >= 0.6 is 0 Å². The Morgan fingerprint density at radius 1 is 1.40 bits per heavy atom. The molecule has 0 radical (unpaired) electrons. The molecule has 0 aromatic rings. The number of carbonyl (C=O) groups is 1. The second kappa shape index (κ2) is 4.97. The lowest BCUT2D eigenvalue weighted by Crippen LogP contribution is -2.30. The molecule has 0 saturated heterocycles. The van der Waals surface area contributed by atoms with Crippen LogP contribution in [0.3, 0.4) is 0 Å². The summed E-state index contributed by atoms with van der Waals surface area (Å²) < 4.78 is 0. The van der Waals surface area contributed by atoms with Crippen molar-refractivity contribution >= 4 is 5.91 Å². The van der Waals surface area contributed by atoms with Crippen molar-refractivity contribution in [2.24, 2.45) is 5.92 Å². The molecule has 2 saturated carbocycles. The smallest absolute Gasteiger partial charge is 0.221 e. The van der Waals surface area contributed by atoms with E-state index in [1.54, 1.807) is 0 Å². The third-order valence-electron chi connectivity index (χ3n) is 3.29. The van der Waals surface area contributed by atoms with Crippen molar-refractivity contribution < 1.29 is 4.79 Å². The molecular weight excluding hydrogens is 188 g/mol. The number of rotatable bonds is 7. The minimum absolute atomic E-state index is 0.228. The van der Waals surface area contributed by atoms with E-state index in [0.29, 0.717) is 18.5 Å². The molecule has 15 heavy (non-hydrogen) atoms. The van der Waals surface area contributed by atoms with Gasteiger partial charge in [0.1, 0.15) is 0 Å². The van der Waals surface area contributed by atoms with E-state index in [-0.39, 0.29) is 5.91 Å². The van der Waals surface area contributed by atoms with Crippen LogP contribution in [0.4, 0.5) is 0 Å². The summed E-state index contributed by atoms with van der Waals surface area (Å²) in [6.45, 7) is 3.05. The van der Waals surface area contributed by atoms with Crippen molar-refractivity contribution in [1.29, 1.82) is 0 Å². The third kappa shape index (κ3) is 3.82. The summed E-state index contributed by atoms with van der Waals surface area (Å²) in [4.78, 5) is 11.5. The van der Waals surface area contributed by atoms with Gasteiger partial charge in [0.25, 0.3) is 0 Å². The highest BCUT2D eigenvalue weighted by molar-refractivity contribution is 5.76. The summed E-state index contributed by atoms with van der Waals surface area (Å²) in [6, 6.07) is 1.21. The van der Waals surface area contributed by atoms with E-state index < -0.39 is 0 Å². The molecule has 2 atom stereocenters. The first kappa shape index (κ1) is 10.9. The largest absolute Gasteiger partial charge is 0.353 e. The first-order chi connectivity index (χ1) is 7.29. The Balaban J connectivity index is 1.49. The average molecular weight is 210 g/mol. The van der Waals surface area contributed by atoms with Gasteiger partial charge in [0.15, 0.2) is 0 Å². The molecule has 2 rings (SSSR count). The maximum absolute atomic E-state index is 11.5. The molecule has 0 aromatic carbocycles. The molecule has 0 aliphatic heterocycles. The second-order valence-electron chi connectivity index (χ2n) is 4.94. The van der Waals surface area contributed by atoms with Gasteiger partial charge in [-0.3, -0.25) is 4.79 Å². The maximum Gasteiger partial charge on any atom is 0.221 e. The molecule has 0 spiro atoms. The van der Waals surface area contributed by atoms with Crippen molar-refractivity contribution in [2.45, 2.75) is 57.5 Å². The molecule has 3 heteroatoms. The topological polar surface area (TPSA) is 41.1 Å². The maximum atomic E-state index is 11.5. The average Bonchev–Trinajstić information content (AvgIpc) is 3.05. The van der Waals surface area contributed by atoms with E-state index in [0.717, 1.165) is 12.5 Å². The molecular formula is C12H22N2O. The number of amides is 1. The van der Waals surface area contributed by atoms with E-state index in [1.165, 1.54) is 32.1 Å². The van der Waals surface area contributed by atoms with Crippen LogP contribution in [0, 0.1) is 5.92 Å². The number of nitrogens with one attached hydrogen (secondary N) is 2. The van der Waals surface area contributed by atoms with E-state index in [9.17, 15) is 4.79 Å². The van der Waals surface area contributed by atoms with Gasteiger partial charge in [0.05, 0.1) is 0 Å². The number of carbonyl (C=O) groups excluding carboxylic acids is 1. The fraction of sp³-hybridized carbons (Fsp3) is 0.917. The highest BCUT2D eigenvalue weighted by Gasteiger charge is 2.36. The van der Waals surface area contributed by atoms with Crippen molar-refractivity contribution in [1.82, 2.24) is 10.6 Å². The van der Waals surface area contributed by atoms with Crippen LogP contribution in [-0.2, 0) is 4.79 Å². The molecule has 86 valence electrons. The first-order valence-electron chi connectivity index (χ1n) is 6.32. The Kier molecular flexibility index (Phi) is 3.62. The molecule has 0 bridgehead atoms. The Bertz CT molecular complexity index is 226. The van der Waals surface area contributed by atoms with Crippen LogP contribution < -0.4 is 10.6 Å². The summed E-state index contributed by atoms with van der Waals surface area (Å²) in [5, 5.41) is 6.46. The fourth-order valence-corrected chi connectivity index (χ4v) is 2.07.